The van der Waals surface area contributed by atoms with Crippen molar-refractivity contribution in [1.29, 1.82) is 0 Å². The van der Waals surface area contributed by atoms with Gasteiger partial charge in [0.2, 0.25) is 5.91 Å². The van der Waals surface area contributed by atoms with Crippen molar-refractivity contribution in [3.63, 3.8) is 0 Å². The molecule has 1 heterocycles. The van der Waals surface area contributed by atoms with Crippen molar-refractivity contribution in [2.24, 2.45) is 0 Å². The van der Waals surface area contributed by atoms with E-state index in [1.807, 2.05) is 49.4 Å². The standard InChI is InChI=1S/C17H16ClNO2/c1-17(10-11-3-5-12(18)6-4-11)14-9-13(21-2)7-8-15(14)19-16(17)20/h3-9H,10H2,1-2H3,(H,19,20). The van der Waals surface area contributed by atoms with Gasteiger partial charge in [-0.25, -0.2) is 0 Å². The SMILES string of the molecule is COc1ccc2c(c1)C(C)(Cc1ccc(Cl)cc1)C(=O)N2. The van der Waals surface area contributed by atoms with Gasteiger partial charge in [0.05, 0.1) is 12.5 Å². The molecule has 108 valence electrons. The largest absolute Gasteiger partial charge is 0.497 e. The Balaban J connectivity index is 2.01. The summed E-state index contributed by atoms with van der Waals surface area (Å²) in [6.45, 7) is 1.96. The molecule has 0 radical (unpaired) electrons. The number of amides is 1. The summed E-state index contributed by atoms with van der Waals surface area (Å²) >= 11 is 5.92. The van der Waals surface area contributed by atoms with E-state index in [0.717, 1.165) is 22.6 Å². The molecule has 2 aromatic rings. The van der Waals surface area contributed by atoms with E-state index in [1.165, 1.54) is 0 Å². The lowest BCUT2D eigenvalue weighted by molar-refractivity contribution is -0.120. The maximum absolute atomic E-state index is 12.4. The van der Waals surface area contributed by atoms with Gasteiger partial charge in [-0.1, -0.05) is 23.7 Å². The minimum Gasteiger partial charge on any atom is -0.497 e. The van der Waals surface area contributed by atoms with Crippen molar-refractivity contribution in [1.82, 2.24) is 0 Å². The number of fused-ring (bicyclic) bond motifs is 1. The van der Waals surface area contributed by atoms with Crippen LogP contribution in [0.3, 0.4) is 0 Å². The van der Waals surface area contributed by atoms with Crippen LogP contribution in [0.5, 0.6) is 5.75 Å². The molecule has 2 aromatic carbocycles. The Bertz CT molecular complexity index is 696. The zero-order valence-electron chi connectivity index (χ0n) is 11.9. The summed E-state index contributed by atoms with van der Waals surface area (Å²) < 4.78 is 5.28. The highest BCUT2D eigenvalue weighted by molar-refractivity contribution is 6.30. The highest BCUT2D eigenvalue weighted by Gasteiger charge is 2.42. The lowest BCUT2D eigenvalue weighted by Gasteiger charge is -2.22. The number of halogens is 1. The molecule has 0 bridgehead atoms. The second kappa shape index (κ2) is 5.08. The number of carbonyl (C=O) groups is 1. The molecule has 21 heavy (non-hydrogen) atoms. The normalized spacial score (nSPS) is 20.0. The minimum absolute atomic E-state index is 0.0145. The summed E-state index contributed by atoms with van der Waals surface area (Å²) in [4.78, 5) is 12.4. The number of ether oxygens (including phenoxy) is 1. The average molecular weight is 302 g/mol. The monoisotopic (exact) mass is 301 g/mol. The number of rotatable bonds is 3. The maximum atomic E-state index is 12.4. The predicted octanol–water partition coefficient (Wildman–Crippen LogP) is 3.80. The zero-order chi connectivity index (χ0) is 15.0. The van der Waals surface area contributed by atoms with E-state index in [2.05, 4.69) is 5.32 Å². The average Bonchev–Trinajstić information content (AvgIpc) is 2.73. The van der Waals surface area contributed by atoms with Crippen LogP contribution in [0, 0.1) is 0 Å². The van der Waals surface area contributed by atoms with Gasteiger partial charge in [-0.2, -0.15) is 0 Å². The van der Waals surface area contributed by atoms with E-state index in [9.17, 15) is 4.79 Å². The second-order valence-corrected chi connectivity index (χ2v) is 5.94. The van der Waals surface area contributed by atoms with Gasteiger partial charge in [0.25, 0.3) is 0 Å². The minimum atomic E-state index is -0.600. The third-order valence-corrected chi connectivity index (χ3v) is 4.29. The number of hydrogen-bond acceptors (Lipinski definition) is 2. The Morgan fingerprint density at radius 1 is 1.19 bits per heavy atom. The maximum Gasteiger partial charge on any atom is 0.235 e. The number of benzene rings is 2. The van der Waals surface area contributed by atoms with Gasteiger partial charge in [-0.15, -0.1) is 0 Å². The molecule has 3 nitrogen and oxygen atoms in total. The molecule has 1 aliphatic rings. The van der Waals surface area contributed by atoms with Crippen LogP contribution < -0.4 is 10.1 Å². The summed E-state index contributed by atoms with van der Waals surface area (Å²) in [5.41, 5.74) is 2.31. The first-order chi connectivity index (χ1) is 10.0. The molecule has 0 aliphatic carbocycles. The number of methoxy groups -OCH3 is 1. The van der Waals surface area contributed by atoms with Crippen LogP contribution in [-0.4, -0.2) is 13.0 Å². The summed E-state index contributed by atoms with van der Waals surface area (Å²) in [6.07, 6.45) is 0.621. The van der Waals surface area contributed by atoms with E-state index < -0.39 is 5.41 Å². The number of hydrogen-bond donors (Lipinski definition) is 1. The number of anilines is 1. The van der Waals surface area contributed by atoms with Crippen LogP contribution in [0.4, 0.5) is 5.69 Å². The molecule has 1 atom stereocenters. The summed E-state index contributed by atoms with van der Waals surface area (Å²) in [5.74, 6) is 0.772. The zero-order valence-corrected chi connectivity index (χ0v) is 12.7. The molecule has 3 rings (SSSR count). The molecular weight excluding hydrogens is 286 g/mol. The van der Waals surface area contributed by atoms with Gasteiger partial charge in [-0.05, 0) is 54.8 Å². The Morgan fingerprint density at radius 2 is 1.90 bits per heavy atom. The summed E-state index contributed by atoms with van der Waals surface area (Å²) in [6, 6.07) is 13.3. The molecule has 1 unspecified atom stereocenters. The third-order valence-electron chi connectivity index (χ3n) is 4.04. The second-order valence-electron chi connectivity index (χ2n) is 5.50. The molecule has 0 saturated heterocycles. The first kappa shape index (κ1) is 14.0. The molecule has 1 aliphatic heterocycles. The molecule has 4 heteroatoms. The van der Waals surface area contributed by atoms with Crippen molar-refractivity contribution in [3.05, 3.63) is 58.6 Å². The van der Waals surface area contributed by atoms with Gasteiger partial charge in [-0.3, -0.25) is 4.79 Å². The van der Waals surface area contributed by atoms with Gasteiger partial charge < -0.3 is 10.1 Å². The van der Waals surface area contributed by atoms with Crippen LogP contribution in [0.25, 0.3) is 0 Å². The fourth-order valence-electron chi connectivity index (χ4n) is 2.78. The van der Waals surface area contributed by atoms with Gasteiger partial charge in [0, 0.05) is 10.7 Å². The van der Waals surface area contributed by atoms with Crippen molar-refractivity contribution in [3.8, 4) is 5.75 Å². The molecule has 0 aromatic heterocycles. The van der Waals surface area contributed by atoms with Crippen LogP contribution in [0.1, 0.15) is 18.1 Å². The van der Waals surface area contributed by atoms with E-state index in [1.54, 1.807) is 7.11 Å². The third kappa shape index (κ3) is 2.38. The quantitative estimate of drug-likeness (QED) is 0.936. The highest BCUT2D eigenvalue weighted by atomic mass is 35.5. The number of carbonyl (C=O) groups excluding carboxylic acids is 1. The Labute approximate surface area is 128 Å². The molecule has 0 fully saturated rings. The predicted molar refractivity (Wildman–Crippen MR) is 84.1 cm³/mol. The van der Waals surface area contributed by atoms with Crippen LogP contribution >= 0.6 is 11.6 Å². The molecular formula is C17H16ClNO2. The van der Waals surface area contributed by atoms with Crippen molar-refractivity contribution in [2.75, 3.05) is 12.4 Å². The number of nitrogens with one attached hydrogen (secondary N) is 1. The smallest absolute Gasteiger partial charge is 0.235 e. The van der Waals surface area contributed by atoms with E-state index in [0.29, 0.717) is 11.4 Å². The molecule has 1 amide bonds. The molecule has 1 N–H and O–H groups in total. The van der Waals surface area contributed by atoms with Gasteiger partial charge in [0.1, 0.15) is 5.75 Å². The van der Waals surface area contributed by atoms with Crippen molar-refractivity contribution >= 4 is 23.2 Å². The van der Waals surface area contributed by atoms with Crippen molar-refractivity contribution < 1.29 is 9.53 Å². The van der Waals surface area contributed by atoms with Crippen molar-refractivity contribution in [2.45, 2.75) is 18.8 Å². The van der Waals surface area contributed by atoms with E-state index in [-0.39, 0.29) is 5.91 Å². The van der Waals surface area contributed by atoms with Crippen LogP contribution in [0.2, 0.25) is 5.02 Å². The highest BCUT2D eigenvalue weighted by Crippen LogP contribution is 2.41. The van der Waals surface area contributed by atoms with E-state index >= 15 is 0 Å². The fraction of sp³-hybridized carbons (Fsp3) is 0.235. The van der Waals surface area contributed by atoms with Gasteiger partial charge >= 0.3 is 0 Å². The lowest BCUT2D eigenvalue weighted by Crippen LogP contribution is -2.33. The fourth-order valence-corrected chi connectivity index (χ4v) is 2.91. The van der Waals surface area contributed by atoms with Crippen LogP contribution in [-0.2, 0) is 16.6 Å². The first-order valence-electron chi connectivity index (χ1n) is 6.77. The topological polar surface area (TPSA) is 38.3 Å². The van der Waals surface area contributed by atoms with Gasteiger partial charge in [0.15, 0.2) is 0 Å². The van der Waals surface area contributed by atoms with Crippen LogP contribution in [0.15, 0.2) is 42.5 Å². The first-order valence-corrected chi connectivity index (χ1v) is 7.15. The Morgan fingerprint density at radius 3 is 2.57 bits per heavy atom. The summed E-state index contributed by atoms with van der Waals surface area (Å²) in [5, 5.41) is 3.65. The summed E-state index contributed by atoms with van der Waals surface area (Å²) in [7, 11) is 1.63. The molecule has 0 saturated carbocycles. The van der Waals surface area contributed by atoms with E-state index in [4.69, 9.17) is 16.3 Å². The Hall–Kier alpha value is -2.00. The molecule has 0 spiro atoms. The lowest BCUT2D eigenvalue weighted by atomic mass is 9.78. The Kier molecular flexibility index (Phi) is 3.38.